The van der Waals surface area contributed by atoms with Crippen LogP contribution in [0.3, 0.4) is 0 Å². The van der Waals surface area contributed by atoms with Crippen LogP contribution < -0.4 is 0 Å². The van der Waals surface area contributed by atoms with E-state index >= 15 is 0 Å². The molecule has 13 heavy (non-hydrogen) atoms. The molecule has 0 bridgehead atoms. The number of carbonyl (C=O) groups is 1. The topological polar surface area (TPSA) is 37.3 Å². The van der Waals surface area contributed by atoms with Crippen LogP contribution in [0.5, 0.6) is 0 Å². The smallest absolute Gasteiger partial charge is 0.327 e. The molecule has 2 heteroatoms. The van der Waals surface area contributed by atoms with Gasteiger partial charge in [-0.05, 0) is 11.5 Å². The predicted molar refractivity (Wildman–Crippen MR) is 51.6 cm³/mol. The third kappa shape index (κ3) is 3.11. The lowest BCUT2D eigenvalue weighted by Gasteiger charge is -2.04. The number of carboxylic acids is 1. The summed E-state index contributed by atoms with van der Waals surface area (Å²) in [5, 5.41) is 8.42. The number of allylic oxidation sites excluding steroid dienone is 1. The molecule has 0 spiro atoms. The van der Waals surface area contributed by atoms with Gasteiger partial charge in [0, 0.05) is 6.08 Å². The first-order chi connectivity index (χ1) is 6.20. The fourth-order valence-electron chi connectivity index (χ4n) is 1.09. The number of aliphatic carboxylic acids is 1. The molecule has 0 aliphatic heterocycles. The first kappa shape index (κ1) is 9.52. The summed E-state index contributed by atoms with van der Waals surface area (Å²) in [6, 6.07) is 9.80. The number of benzene rings is 1. The molecular weight excluding hydrogens is 164 g/mol. The van der Waals surface area contributed by atoms with Gasteiger partial charge < -0.3 is 5.11 Å². The van der Waals surface area contributed by atoms with Gasteiger partial charge in [0.2, 0.25) is 0 Å². The molecule has 1 rings (SSSR count). The van der Waals surface area contributed by atoms with E-state index in [4.69, 9.17) is 5.11 Å². The van der Waals surface area contributed by atoms with Gasteiger partial charge in [-0.2, -0.15) is 0 Å². The Morgan fingerprint density at radius 3 is 2.54 bits per heavy atom. The maximum Gasteiger partial charge on any atom is 0.327 e. The summed E-state index contributed by atoms with van der Waals surface area (Å²) in [6.07, 6.45) is 2.86. The zero-order chi connectivity index (χ0) is 9.68. The van der Waals surface area contributed by atoms with E-state index in [1.165, 1.54) is 6.08 Å². The second-order valence-electron chi connectivity index (χ2n) is 2.90. The van der Waals surface area contributed by atoms with Crippen molar-refractivity contribution in [3.63, 3.8) is 0 Å². The summed E-state index contributed by atoms with van der Waals surface area (Å²) >= 11 is 0. The molecule has 0 aliphatic carbocycles. The lowest BCUT2D eigenvalue weighted by atomic mass is 10.0. The number of carboxylic acid groups (broad SMARTS) is 1. The normalized spacial score (nSPS) is 13.0. The minimum Gasteiger partial charge on any atom is -0.478 e. The summed E-state index contributed by atoms with van der Waals surface area (Å²) in [4.78, 5) is 10.2. The Morgan fingerprint density at radius 1 is 1.38 bits per heavy atom. The monoisotopic (exact) mass is 176 g/mol. The Hall–Kier alpha value is -1.57. The third-order valence-electron chi connectivity index (χ3n) is 1.85. The summed E-state index contributed by atoms with van der Waals surface area (Å²) in [6.45, 7) is 1.97. The van der Waals surface area contributed by atoms with Gasteiger partial charge >= 0.3 is 5.97 Å². The van der Waals surface area contributed by atoms with Crippen molar-refractivity contribution < 1.29 is 9.90 Å². The molecule has 0 saturated carbocycles. The van der Waals surface area contributed by atoms with Crippen molar-refractivity contribution in [3.8, 4) is 0 Å². The Bertz CT molecular complexity index is 301. The minimum atomic E-state index is -0.900. The van der Waals surface area contributed by atoms with Gasteiger partial charge in [-0.25, -0.2) is 4.79 Å². The zero-order valence-corrected chi connectivity index (χ0v) is 7.47. The standard InChI is InChI=1S/C11H12O2/c1-9(7-8-11(12)13)10-5-3-2-4-6-10/h2-9H,1H3,(H,12,13). The van der Waals surface area contributed by atoms with Crippen molar-refractivity contribution in [2.45, 2.75) is 12.8 Å². The average molecular weight is 176 g/mol. The van der Waals surface area contributed by atoms with Crippen LogP contribution in [-0.4, -0.2) is 11.1 Å². The van der Waals surface area contributed by atoms with Crippen molar-refractivity contribution in [1.29, 1.82) is 0 Å². The van der Waals surface area contributed by atoms with Gasteiger partial charge in [0.05, 0.1) is 0 Å². The Balaban J connectivity index is 2.69. The largest absolute Gasteiger partial charge is 0.478 e. The Kier molecular flexibility index (Phi) is 3.26. The van der Waals surface area contributed by atoms with Crippen LogP contribution in [0.25, 0.3) is 0 Å². The molecule has 1 atom stereocenters. The van der Waals surface area contributed by atoms with E-state index in [1.54, 1.807) is 6.08 Å². The second kappa shape index (κ2) is 4.45. The summed E-state index contributed by atoms with van der Waals surface area (Å²) < 4.78 is 0. The second-order valence-corrected chi connectivity index (χ2v) is 2.90. The highest BCUT2D eigenvalue weighted by Gasteiger charge is 1.99. The SMILES string of the molecule is CC(C=CC(=O)O)c1ccccc1. The van der Waals surface area contributed by atoms with Crippen molar-refractivity contribution in [3.05, 3.63) is 48.0 Å². The quantitative estimate of drug-likeness (QED) is 0.718. The minimum absolute atomic E-state index is 0.150. The summed E-state index contributed by atoms with van der Waals surface area (Å²) in [5.74, 6) is -0.750. The van der Waals surface area contributed by atoms with E-state index < -0.39 is 5.97 Å². The predicted octanol–water partition coefficient (Wildman–Crippen LogP) is 2.43. The first-order valence-corrected chi connectivity index (χ1v) is 4.16. The van der Waals surface area contributed by atoms with Crippen LogP contribution in [0.4, 0.5) is 0 Å². The maximum absolute atomic E-state index is 10.2. The highest BCUT2D eigenvalue weighted by molar-refractivity contribution is 5.79. The number of hydrogen-bond acceptors (Lipinski definition) is 1. The van der Waals surface area contributed by atoms with E-state index in [-0.39, 0.29) is 5.92 Å². The molecule has 1 aromatic carbocycles. The number of hydrogen-bond donors (Lipinski definition) is 1. The molecule has 0 heterocycles. The highest BCUT2D eigenvalue weighted by Crippen LogP contribution is 2.15. The van der Waals surface area contributed by atoms with Crippen molar-refractivity contribution in [2.75, 3.05) is 0 Å². The molecule has 1 unspecified atom stereocenters. The molecule has 1 aromatic rings. The van der Waals surface area contributed by atoms with Crippen LogP contribution >= 0.6 is 0 Å². The van der Waals surface area contributed by atoms with Gasteiger partial charge in [0.25, 0.3) is 0 Å². The van der Waals surface area contributed by atoms with Gasteiger partial charge in [-0.15, -0.1) is 0 Å². The summed E-state index contributed by atoms with van der Waals surface area (Å²) in [7, 11) is 0. The van der Waals surface area contributed by atoms with Crippen LogP contribution in [0.15, 0.2) is 42.5 Å². The molecule has 0 saturated heterocycles. The molecule has 1 N–H and O–H groups in total. The van der Waals surface area contributed by atoms with Gasteiger partial charge in [0.15, 0.2) is 0 Å². The van der Waals surface area contributed by atoms with E-state index in [0.29, 0.717) is 0 Å². The fourth-order valence-corrected chi connectivity index (χ4v) is 1.09. The zero-order valence-electron chi connectivity index (χ0n) is 7.47. The van der Waals surface area contributed by atoms with E-state index in [0.717, 1.165) is 5.56 Å². The van der Waals surface area contributed by atoms with Crippen molar-refractivity contribution >= 4 is 5.97 Å². The molecule has 0 amide bonds. The molecule has 0 radical (unpaired) electrons. The molecule has 2 nitrogen and oxygen atoms in total. The van der Waals surface area contributed by atoms with E-state index in [2.05, 4.69) is 0 Å². The summed E-state index contributed by atoms with van der Waals surface area (Å²) in [5.41, 5.74) is 1.13. The lowest BCUT2D eigenvalue weighted by Crippen LogP contribution is -1.91. The fraction of sp³-hybridized carbons (Fsp3) is 0.182. The van der Waals surface area contributed by atoms with Crippen LogP contribution in [0, 0.1) is 0 Å². The van der Waals surface area contributed by atoms with Crippen LogP contribution in [0.2, 0.25) is 0 Å². The van der Waals surface area contributed by atoms with Gasteiger partial charge in [-0.1, -0.05) is 43.3 Å². The van der Waals surface area contributed by atoms with Gasteiger partial charge in [0.1, 0.15) is 0 Å². The third-order valence-corrected chi connectivity index (χ3v) is 1.85. The molecule has 0 aromatic heterocycles. The maximum atomic E-state index is 10.2. The molecule has 0 fully saturated rings. The Labute approximate surface area is 77.5 Å². The highest BCUT2D eigenvalue weighted by atomic mass is 16.4. The van der Waals surface area contributed by atoms with Crippen LogP contribution in [0.1, 0.15) is 18.4 Å². The average Bonchev–Trinajstić information content (AvgIpc) is 2.15. The van der Waals surface area contributed by atoms with Crippen LogP contribution in [-0.2, 0) is 4.79 Å². The first-order valence-electron chi connectivity index (χ1n) is 4.16. The van der Waals surface area contributed by atoms with Crippen molar-refractivity contribution in [2.24, 2.45) is 0 Å². The lowest BCUT2D eigenvalue weighted by molar-refractivity contribution is -0.131. The molecule has 68 valence electrons. The van der Waals surface area contributed by atoms with E-state index in [1.807, 2.05) is 37.3 Å². The molecule has 0 aliphatic rings. The molecular formula is C11H12O2. The Morgan fingerprint density at radius 2 is 2.00 bits per heavy atom. The number of rotatable bonds is 3. The van der Waals surface area contributed by atoms with E-state index in [9.17, 15) is 4.79 Å². The van der Waals surface area contributed by atoms with Gasteiger partial charge in [-0.3, -0.25) is 0 Å². The van der Waals surface area contributed by atoms with Crippen molar-refractivity contribution in [1.82, 2.24) is 0 Å².